The van der Waals surface area contributed by atoms with Gasteiger partial charge >= 0.3 is 0 Å². The Labute approximate surface area is 227 Å². The standard InChI is InChI=1S/C29H23ClF2N6O/c1-15-13-34-26(17-7-6-8-18(24(17)31)28-35-14-36-37(28)3)25(32)27(15)38-16(2)11-21(23(30)29(38)39)19-12-20(19)22-9-4-5-10-33-22/h4-11,13-14,19-20H,12H2,1-3H3/t19-,20-/m0/s1. The molecule has 5 aromatic rings. The van der Waals surface area contributed by atoms with E-state index in [2.05, 4.69) is 20.1 Å². The van der Waals surface area contributed by atoms with Crippen molar-refractivity contribution < 1.29 is 8.78 Å². The number of aromatic nitrogens is 6. The quantitative estimate of drug-likeness (QED) is 0.275. The molecular weight excluding hydrogens is 522 g/mol. The maximum absolute atomic E-state index is 16.2. The second kappa shape index (κ2) is 9.50. The molecule has 39 heavy (non-hydrogen) atoms. The number of hydrogen-bond donors (Lipinski definition) is 0. The van der Waals surface area contributed by atoms with Crippen LogP contribution in [-0.4, -0.2) is 29.3 Å². The summed E-state index contributed by atoms with van der Waals surface area (Å²) in [4.78, 5) is 26.3. The number of aryl methyl sites for hydroxylation is 3. The van der Waals surface area contributed by atoms with Gasteiger partial charge in [0.2, 0.25) is 0 Å². The van der Waals surface area contributed by atoms with Crippen LogP contribution in [0.1, 0.15) is 40.8 Å². The van der Waals surface area contributed by atoms with Gasteiger partial charge in [-0.3, -0.25) is 19.3 Å². The molecule has 10 heteroatoms. The number of nitrogens with zero attached hydrogens (tertiary/aromatic N) is 6. The fraction of sp³-hybridized carbons (Fsp3) is 0.207. The minimum atomic E-state index is -0.823. The first kappa shape index (κ1) is 25.1. The van der Waals surface area contributed by atoms with Crippen LogP contribution in [0.25, 0.3) is 28.3 Å². The Bertz CT molecular complexity index is 1800. The van der Waals surface area contributed by atoms with Gasteiger partial charge in [-0.2, -0.15) is 5.10 Å². The van der Waals surface area contributed by atoms with Crippen LogP contribution in [0.5, 0.6) is 0 Å². The monoisotopic (exact) mass is 544 g/mol. The molecule has 0 radical (unpaired) electrons. The molecule has 196 valence electrons. The van der Waals surface area contributed by atoms with Crippen LogP contribution >= 0.6 is 11.6 Å². The number of rotatable bonds is 5. The normalized spacial score (nSPS) is 16.5. The lowest BCUT2D eigenvalue weighted by Crippen LogP contribution is -2.24. The topological polar surface area (TPSA) is 78.5 Å². The smallest absolute Gasteiger partial charge is 0.274 e. The molecule has 4 aromatic heterocycles. The first-order valence-electron chi connectivity index (χ1n) is 12.4. The van der Waals surface area contributed by atoms with Gasteiger partial charge in [-0.05, 0) is 67.6 Å². The lowest BCUT2D eigenvalue weighted by Gasteiger charge is -2.18. The molecule has 1 aliphatic rings. The molecule has 0 amide bonds. The SMILES string of the molecule is Cc1cnc(-c2cccc(-c3ncnn3C)c2F)c(F)c1-n1c(C)cc([C@H]2C[C@@H]2c2ccccn2)c(Cl)c1=O. The summed E-state index contributed by atoms with van der Waals surface area (Å²) in [6.45, 7) is 3.38. The summed E-state index contributed by atoms with van der Waals surface area (Å²) >= 11 is 6.62. The highest BCUT2D eigenvalue weighted by molar-refractivity contribution is 6.31. The molecule has 0 spiro atoms. The molecule has 1 saturated carbocycles. The molecule has 0 unspecified atom stereocenters. The zero-order valence-corrected chi connectivity index (χ0v) is 22.1. The fourth-order valence-corrected chi connectivity index (χ4v) is 5.48. The van der Waals surface area contributed by atoms with E-state index >= 15 is 8.78 Å². The van der Waals surface area contributed by atoms with Gasteiger partial charge in [-0.1, -0.05) is 23.7 Å². The Morgan fingerprint density at radius 2 is 1.77 bits per heavy atom. The number of benzene rings is 1. The second-order valence-corrected chi connectivity index (χ2v) is 10.1. The zero-order chi connectivity index (χ0) is 27.4. The van der Waals surface area contributed by atoms with Crippen molar-refractivity contribution in [2.45, 2.75) is 32.1 Å². The number of hydrogen-bond acceptors (Lipinski definition) is 5. The predicted molar refractivity (Wildman–Crippen MR) is 144 cm³/mol. The summed E-state index contributed by atoms with van der Waals surface area (Å²) in [5.74, 6) is -0.990. The highest BCUT2D eigenvalue weighted by Gasteiger charge is 2.42. The Morgan fingerprint density at radius 3 is 2.49 bits per heavy atom. The van der Waals surface area contributed by atoms with E-state index in [1.807, 2.05) is 24.3 Å². The van der Waals surface area contributed by atoms with Crippen LogP contribution in [0, 0.1) is 25.5 Å². The molecule has 6 rings (SSSR count). The fourth-order valence-electron chi connectivity index (χ4n) is 5.20. The molecule has 4 heterocycles. The van der Waals surface area contributed by atoms with Crippen molar-refractivity contribution in [3.05, 3.63) is 111 Å². The van der Waals surface area contributed by atoms with Gasteiger partial charge in [0, 0.05) is 42.3 Å². The Balaban J connectivity index is 1.45. The summed E-state index contributed by atoms with van der Waals surface area (Å²) in [6, 6.07) is 12.2. The summed E-state index contributed by atoms with van der Waals surface area (Å²) in [5.41, 5.74) is 1.92. The summed E-state index contributed by atoms with van der Waals surface area (Å²) in [5, 5.41) is 4.03. The van der Waals surface area contributed by atoms with E-state index in [1.165, 1.54) is 27.8 Å². The summed E-state index contributed by atoms with van der Waals surface area (Å²) < 4.78 is 34.6. The predicted octanol–water partition coefficient (Wildman–Crippen LogP) is 5.91. The van der Waals surface area contributed by atoms with Crippen LogP contribution in [0.4, 0.5) is 8.78 Å². The minimum Gasteiger partial charge on any atom is -0.277 e. The molecule has 1 fully saturated rings. The average Bonchev–Trinajstić information content (AvgIpc) is 3.62. The van der Waals surface area contributed by atoms with Crippen LogP contribution < -0.4 is 5.56 Å². The number of halogens is 3. The number of pyridine rings is 3. The second-order valence-electron chi connectivity index (χ2n) is 9.73. The molecule has 1 aromatic carbocycles. The largest absolute Gasteiger partial charge is 0.277 e. The Morgan fingerprint density at radius 1 is 0.974 bits per heavy atom. The lowest BCUT2D eigenvalue weighted by atomic mass is 10.0. The van der Waals surface area contributed by atoms with Gasteiger partial charge < -0.3 is 0 Å². The molecule has 0 N–H and O–H groups in total. The van der Waals surface area contributed by atoms with Gasteiger partial charge in [0.25, 0.3) is 5.56 Å². The van der Waals surface area contributed by atoms with Gasteiger partial charge in [0.1, 0.15) is 22.9 Å². The third-order valence-electron chi connectivity index (χ3n) is 7.23. The summed E-state index contributed by atoms with van der Waals surface area (Å²) in [7, 11) is 1.64. The van der Waals surface area contributed by atoms with E-state index < -0.39 is 17.2 Å². The van der Waals surface area contributed by atoms with Crippen molar-refractivity contribution in [2.75, 3.05) is 0 Å². The maximum Gasteiger partial charge on any atom is 0.274 e. The van der Waals surface area contributed by atoms with E-state index in [-0.39, 0.29) is 39.4 Å². The van der Waals surface area contributed by atoms with Crippen molar-refractivity contribution in [2.24, 2.45) is 7.05 Å². The lowest BCUT2D eigenvalue weighted by molar-refractivity contribution is 0.601. The van der Waals surface area contributed by atoms with E-state index in [1.54, 1.807) is 39.2 Å². The highest BCUT2D eigenvalue weighted by Crippen LogP contribution is 2.55. The van der Waals surface area contributed by atoms with Crippen molar-refractivity contribution in [1.82, 2.24) is 29.3 Å². The summed E-state index contributed by atoms with van der Waals surface area (Å²) in [6.07, 6.45) is 5.31. The van der Waals surface area contributed by atoms with Gasteiger partial charge in [0.15, 0.2) is 11.6 Å². The third-order valence-corrected chi connectivity index (χ3v) is 7.61. The van der Waals surface area contributed by atoms with Crippen molar-refractivity contribution in [3.63, 3.8) is 0 Å². The van der Waals surface area contributed by atoms with E-state index in [0.29, 0.717) is 17.1 Å². The highest BCUT2D eigenvalue weighted by atomic mass is 35.5. The first-order valence-corrected chi connectivity index (χ1v) is 12.8. The molecule has 7 nitrogen and oxygen atoms in total. The van der Waals surface area contributed by atoms with E-state index in [4.69, 9.17) is 11.6 Å². The molecule has 1 aliphatic carbocycles. The molecule has 0 aliphatic heterocycles. The van der Waals surface area contributed by atoms with Crippen LogP contribution in [0.15, 0.2) is 66.0 Å². The van der Waals surface area contributed by atoms with Crippen molar-refractivity contribution >= 4 is 11.6 Å². The van der Waals surface area contributed by atoms with Gasteiger partial charge in [-0.25, -0.2) is 18.4 Å². The van der Waals surface area contributed by atoms with E-state index in [9.17, 15) is 4.79 Å². The van der Waals surface area contributed by atoms with Crippen LogP contribution in [0.3, 0.4) is 0 Å². The van der Waals surface area contributed by atoms with Crippen LogP contribution in [0.2, 0.25) is 5.02 Å². The molecule has 0 saturated heterocycles. The molecule has 2 atom stereocenters. The van der Waals surface area contributed by atoms with Gasteiger partial charge in [-0.15, -0.1) is 0 Å². The van der Waals surface area contributed by atoms with Gasteiger partial charge in [0.05, 0.1) is 11.3 Å². The average molecular weight is 545 g/mol. The Kier molecular flexibility index (Phi) is 6.10. The zero-order valence-electron chi connectivity index (χ0n) is 21.4. The van der Waals surface area contributed by atoms with Crippen LogP contribution in [-0.2, 0) is 7.05 Å². The maximum atomic E-state index is 16.2. The molecule has 0 bridgehead atoms. The minimum absolute atomic E-state index is 0.0171. The van der Waals surface area contributed by atoms with Crippen molar-refractivity contribution in [3.8, 4) is 28.3 Å². The van der Waals surface area contributed by atoms with Crippen molar-refractivity contribution in [1.29, 1.82) is 0 Å². The first-order chi connectivity index (χ1) is 18.8. The third kappa shape index (κ3) is 4.13. The Hall–Kier alpha value is -4.24. The molecular formula is C29H23ClF2N6O. The van der Waals surface area contributed by atoms with E-state index in [0.717, 1.165) is 17.7 Å².